The zero-order valence-electron chi connectivity index (χ0n) is 12.9. The van der Waals surface area contributed by atoms with Crippen LogP contribution in [0.5, 0.6) is 0 Å². The Balaban J connectivity index is 1.84. The summed E-state index contributed by atoms with van der Waals surface area (Å²) < 4.78 is 6.96. The molecule has 1 saturated heterocycles. The number of benzene rings is 1. The molecule has 0 aliphatic carbocycles. The van der Waals surface area contributed by atoms with E-state index in [0.29, 0.717) is 16.4 Å². The van der Waals surface area contributed by atoms with E-state index in [1.54, 1.807) is 12.1 Å². The van der Waals surface area contributed by atoms with Crippen molar-refractivity contribution in [3.8, 4) is 11.3 Å². The van der Waals surface area contributed by atoms with Crippen LogP contribution in [0, 0.1) is 0 Å². The fraction of sp³-hybridized carbons (Fsp3) is 0.118. The summed E-state index contributed by atoms with van der Waals surface area (Å²) in [7, 11) is 0. The summed E-state index contributed by atoms with van der Waals surface area (Å²) in [6.07, 6.45) is 1.58. The summed E-state index contributed by atoms with van der Waals surface area (Å²) in [5, 5.41) is 9.10. The zero-order valence-corrected chi connectivity index (χ0v) is 16.2. The van der Waals surface area contributed by atoms with Gasteiger partial charge in [0.05, 0.1) is 4.91 Å². The van der Waals surface area contributed by atoms with Crippen molar-refractivity contribution >= 4 is 62.2 Å². The Morgan fingerprint density at radius 3 is 2.64 bits per heavy atom. The summed E-state index contributed by atoms with van der Waals surface area (Å²) >= 11 is 9.58. The van der Waals surface area contributed by atoms with Gasteiger partial charge in [0.1, 0.15) is 21.9 Å². The first-order valence-electron chi connectivity index (χ1n) is 7.22. The summed E-state index contributed by atoms with van der Waals surface area (Å²) in [6, 6.07) is 10.2. The molecular formula is C17H12BrNO4S2. The highest BCUT2D eigenvalue weighted by Gasteiger charge is 2.38. The van der Waals surface area contributed by atoms with E-state index < -0.39 is 17.9 Å². The molecule has 1 fully saturated rings. The van der Waals surface area contributed by atoms with Crippen LogP contribution in [0.1, 0.15) is 12.7 Å². The van der Waals surface area contributed by atoms with Gasteiger partial charge in [0.15, 0.2) is 0 Å². The first-order chi connectivity index (χ1) is 11.9. The normalized spacial score (nSPS) is 17.4. The van der Waals surface area contributed by atoms with E-state index in [9.17, 15) is 9.59 Å². The number of furan rings is 1. The Morgan fingerprint density at radius 1 is 1.32 bits per heavy atom. The molecule has 0 spiro atoms. The molecule has 128 valence electrons. The highest BCUT2D eigenvalue weighted by molar-refractivity contribution is 9.10. The predicted molar refractivity (Wildman–Crippen MR) is 104 cm³/mol. The highest BCUT2D eigenvalue weighted by Crippen LogP contribution is 2.35. The van der Waals surface area contributed by atoms with Crippen LogP contribution in [0.25, 0.3) is 17.4 Å². The van der Waals surface area contributed by atoms with Crippen LogP contribution in [0.3, 0.4) is 0 Å². The lowest BCUT2D eigenvalue weighted by molar-refractivity contribution is -0.144. The lowest BCUT2D eigenvalue weighted by atomic mass is 10.2. The molecule has 1 aromatic heterocycles. The monoisotopic (exact) mass is 437 g/mol. The smallest absolute Gasteiger partial charge is 0.326 e. The van der Waals surface area contributed by atoms with Crippen LogP contribution in [-0.2, 0) is 9.59 Å². The molecule has 5 nitrogen and oxygen atoms in total. The third kappa shape index (κ3) is 3.70. The Kier molecular flexibility index (Phi) is 5.12. The maximum absolute atomic E-state index is 12.4. The number of carbonyl (C=O) groups is 2. The molecule has 1 aromatic carbocycles. The molecule has 0 bridgehead atoms. The van der Waals surface area contributed by atoms with Crippen LogP contribution < -0.4 is 0 Å². The van der Waals surface area contributed by atoms with Gasteiger partial charge in [-0.3, -0.25) is 9.69 Å². The number of aliphatic carboxylic acids is 1. The van der Waals surface area contributed by atoms with Gasteiger partial charge in [-0.25, -0.2) is 4.79 Å². The van der Waals surface area contributed by atoms with Crippen molar-refractivity contribution in [2.75, 3.05) is 0 Å². The number of hydrogen-bond acceptors (Lipinski definition) is 5. The third-order valence-electron chi connectivity index (χ3n) is 3.60. The van der Waals surface area contributed by atoms with Crippen molar-refractivity contribution < 1.29 is 19.1 Å². The van der Waals surface area contributed by atoms with Gasteiger partial charge in [-0.1, -0.05) is 52.0 Å². The molecule has 1 amide bonds. The second-order valence-corrected chi connectivity index (χ2v) is 7.87. The third-order valence-corrected chi connectivity index (χ3v) is 5.46. The quantitative estimate of drug-likeness (QED) is 0.564. The van der Waals surface area contributed by atoms with Crippen LogP contribution in [-0.4, -0.2) is 32.2 Å². The van der Waals surface area contributed by atoms with Crippen molar-refractivity contribution in [1.82, 2.24) is 4.90 Å². The Labute approximate surface area is 161 Å². The maximum Gasteiger partial charge on any atom is 0.326 e. The van der Waals surface area contributed by atoms with Crippen molar-refractivity contribution in [3.05, 3.63) is 51.5 Å². The van der Waals surface area contributed by atoms with E-state index in [-0.39, 0.29) is 4.32 Å². The standard InChI is InChI=1S/C17H12BrNO4S2/c1-9(16(21)22)19-15(20)14(25-17(19)24)8-12-6-7-13(23-12)10-2-4-11(18)5-3-10/h2-9H,1H3,(H,21,22)/b14-8+. The van der Waals surface area contributed by atoms with E-state index in [1.807, 2.05) is 30.3 Å². The number of thioether (sulfide) groups is 1. The number of hydrogen-bond donors (Lipinski definition) is 1. The first kappa shape index (κ1) is 17.9. The lowest BCUT2D eigenvalue weighted by Crippen LogP contribution is -2.41. The molecule has 25 heavy (non-hydrogen) atoms. The van der Waals surface area contributed by atoms with E-state index in [0.717, 1.165) is 26.7 Å². The fourth-order valence-electron chi connectivity index (χ4n) is 2.25. The minimum absolute atomic E-state index is 0.228. The van der Waals surface area contributed by atoms with Crippen LogP contribution in [0.2, 0.25) is 0 Å². The molecule has 2 heterocycles. The first-order valence-corrected chi connectivity index (χ1v) is 9.24. The Bertz CT molecular complexity index is 888. The van der Waals surface area contributed by atoms with Gasteiger partial charge in [0.2, 0.25) is 0 Å². The molecule has 1 N–H and O–H groups in total. The van der Waals surface area contributed by atoms with Gasteiger partial charge < -0.3 is 9.52 Å². The largest absolute Gasteiger partial charge is 0.480 e. The van der Waals surface area contributed by atoms with Gasteiger partial charge >= 0.3 is 5.97 Å². The number of carbonyl (C=O) groups excluding carboxylic acids is 1. The SMILES string of the molecule is CC(C(=O)O)N1C(=O)/C(=C\c2ccc(-c3ccc(Br)cc3)o2)SC1=S. The molecule has 3 rings (SSSR count). The molecule has 2 aromatic rings. The van der Waals surface area contributed by atoms with Gasteiger partial charge in [-0.15, -0.1) is 0 Å². The number of thiocarbonyl (C=S) groups is 1. The number of halogens is 1. The Morgan fingerprint density at radius 2 is 2.00 bits per heavy atom. The molecule has 1 aliphatic rings. The number of rotatable bonds is 4. The molecule has 0 radical (unpaired) electrons. The minimum atomic E-state index is -1.10. The highest BCUT2D eigenvalue weighted by atomic mass is 79.9. The van der Waals surface area contributed by atoms with E-state index >= 15 is 0 Å². The van der Waals surface area contributed by atoms with E-state index in [2.05, 4.69) is 15.9 Å². The minimum Gasteiger partial charge on any atom is -0.480 e. The molecule has 0 saturated carbocycles. The lowest BCUT2D eigenvalue weighted by Gasteiger charge is -2.18. The molecular weight excluding hydrogens is 426 g/mol. The fourth-order valence-corrected chi connectivity index (χ4v) is 3.92. The predicted octanol–water partition coefficient (Wildman–Crippen LogP) is 4.38. The van der Waals surface area contributed by atoms with Crippen LogP contribution >= 0.6 is 39.9 Å². The number of nitrogens with zero attached hydrogens (tertiary/aromatic N) is 1. The van der Waals surface area contributed by atoms with Crippen LogP contribution in [0.4, 0.5) is 0 Å². The van der Waals surface area contributed by atoms with Crippen molar-refractivity contribution in [1.29, 1.82) is 0 Å². The number of carboxylic acids is 1. The number of carboxylic acid groups (broad SMARTS) is 1. The van der Waals surface area contributed by atoms with Crippen molar-refractivity contribution in [2.24, 2.45) is 0 Å². The summed E-state index contributed by atoms with van der Waals surface area (Å²) in [5.74, 6) is -0.353. The van der Waals surface area contributed by atoms with Crippen molar-refractivity contribution in [2.45, 2.75) is 13.0 Å². The number of amides is 1. The molecule has 1 atom stereocenters. The zero-order chi connectivity index (χ0) is 18.1. The maximum atomic E-state index is 12.4. The summed E-state index contributed by atoms with van der Waals surface area (Å²) in [5.41, 5.74) is 0.912. The molecule has 1 unspecified atom stereocenters. The van der Waals surface area contributed by atoms with E-state index in [1.165, 1.54) is 6.92 Å². The van der Waals surface area contributed by atoms with Gasteiger partial charge in [0, 0.05) is 16.1 Å². The van der Waals surface area contributed by atoms with Crippen molar-refractivity contribution in [3.63, 3.8) is 0 Å². The van der Waals surface area contributed by atoms with Gasteiger partial charge in [-0.05, 0) is 31.2 Å². The summed E-state index contributed by atoms with van der Waals surface area (Å²) in [6.45, 7) is 1.43. The van der Waals surface area contributed by atoms with Crippen LogP contribution in [0.15, 0.2) is 50.2 Å². The van der Waals surface area contributed by atoms with Gasteiger partial charge in [0.25, 0.3) is 5.91 Å². The average Bonchev–Trinajstić information content (AvgIpc) is 3.13. The topological polar surface area (TPSA) is 70.8 Å². The second kappa shape index (κ2) is 7.15. The molecule has 8 heteroatoms. The van der Waals surface area contributed by atoms with E-state index in [4.69, 9.17) is 21.7 Å². The average molecular weight is 438 g/mol. The van der Waals surface area contributed by atoms with Gasteiger partial charge in [-0.2, -0.15) is 0 Å². The Hall–Kier alpha value is -1.90. The summed E-state index contributed by atoms with van der Waals surface area (Å²) in [4.78, 5) is 25.0. The second-order valence-electron chi connectivity index (χ2n) is 5.27. The molecule has 1 aliphatic heterocycles.